The summed E-state index contributed by atoms with van der Waals surface area (Å²) < 4.78 is 16.2. The lowest BCUT2D eigenvalue weighted by Gasteiger charge is -2.38. The van der Waals surface area contributed by atoms with E-state index >= 15 is 0 Å². The van der Waals surface area contributed by atoms with Crippen LogP contribution in [0.25, 0.3) is 22.3 Å². The van der Waals surface area contributed by atoms with Gasteiger partial charge in [0.2, 0.25) is 16.9 Å². The molecule has 1 aliphatic heterocycles. The van der Waals surface area contributed by atoms with Crippen molar-refractivity contribution in [1.29, 1.82) is 0 Å². The summed E-state index contributed by atoms with van der Waals surface area (Å²) in [6, 6.07) is 6.31. The van der Waals surface area contributed by atoms with E-state index in [0.29, 0.717) is 0 Å². The maximum Gasteiger partial charge on any atom is 0.239 e. The van der Waals surface area contributed by atoms with Crippen LogP contribution in [0.2, 0.25) is 0 Å². The van der Waals surface area contributed by atoms with E-state index in [4.69, 9.17) is 13.9 Å². The minimum atomic E-state index is -1.83. The SMILES string of the molecule is O=c1c(OC[C@H]2O[C@@H](O)[C@H](O)[C@@H](O)[C@@H]2O)c(-c2ccc(O)cc2)oc2cc(O)c(O)c(O)c12. The Morgan fingerprint density at radius 2 is 1.55 bits per heavy atom. The van der Waals surface area contributed by atoms with Gasteiger partial charge in [-0.3, -0.25) is 4.79 Å². The van der Waals surface area contributed by atoms with Crippen LogP contribution in [0.5, 0.6) is 28.7 Å². The average Bonchev–Trinajstić information content (AvgIpc) is 2.78. The fourth-order valence-electron chi connectivity index (χ4n) is 3.46. The number of hydrogen-bond donors (Lipinski definition) is 8. The molecule has 1 saturated heterocycles. The molecule has 2 aromatic carbocycles. The molecule has 8 N–H and O–H groups in total. The zero-order valence-electron chi connectivity index (χ0n) is 16.7. The lowest BCUT2D eigenvalue weighted by atomic mass is 9.99. The lowest BCUT2D eigenvalue weighted by molar-refractivity contribution is -0.285. The van der Waals surface area contributed by atoms with Gasteiger partial charge < -0.3 is 54.7 Å². The largest absolute Gasteiger partial charge is 0.508 e. The summed E-state index contributed by atoms with van der Waals surface area (Å²) in [5, 5.41) is 78.1. The first-order chi connectivity index (χ1) is 15.6. The van der Waals surface area contributed by atoms with Gasteiger partial charge in [-0.2, -0.15) is 0 Å². The number of benzene rings is 2. The fourth-order valence-corrected chi connectivity index (χ4v) is 3.46. The molecule has 0 unspecified atom stereocenters. The Bertz CT molecular complexity index is 1230. The second-order valence-corrected chi connectivity index (χ2v) is 7.45. The molecule has 12 nitrogen and oxygen atoms in total. The van der Waals surface area contributed by atoms with Crippen molar-refractivity contribution < 1.29 is 54.7 Å². The second kappa shape index (κ2) is 8.42. The topological polar surface area (TPSA) is 211 Å². The molecular formula is C21H20O12. The molecule has 0 aliphatic carbocycles. The van der Waals surface area contributed by atoms with Crippen molar-refractivity contribution in [3.63, 3.8) is 0 Å². The van der Waals surface area contributed by atoms with Crippen molar-refractivity contribution >= 4 is 11.0 Å². The predicted molar refractivity (Wildman–Crippen MR) is 109 cm³/mol. The quantitative estimate of drug-likeness (QED) is 0.229. The smallest absolute Gasteiger partial charge is 0.239 e. The molecule has 1 aliphatic rings. The highest BCUT2D eigenvalue weighted by molar-refractivity contribution is 5.91. The number of hydrogen-bond acceptors (Lipinski definition) is 12. The fraction of sp³-hybridized carbons (Fsp3) is 0.286. The summed E-state index contributed by atoms with van der Waals surface area (Å²) in [6.07, 6.45) is -8.39. The van der Waals surface area contributed by atoms with Crippen LogP contribution in [0.15, 0.2) is 39.5 Å². The molecule has 0 bridgehead atoms. The van der Waals surface area contributed by atoms with Crippen molar-refractivity contribution in [3.05, 3.63) is 40.6 Å². The maximum absolute atomic E-state index is 13.2. The van der Waals surface area contributed by atoms with Crippen molar-refractivity contribution in [3.8, 4) is 40.1 Å². The van der Waals surface area contributed by atoms with Gasteiger partial charge in [0.25, 0.3) is 0 Å². The third kappa shape index (κ3) is 3.90. The number of aromatic hydroxyl groups is 4. The number of fused-ring (bicyclic) bond motifs is 1. The van der Waals surface area contributed by atoms with Gasteiger partial charge in [-0.25, -0.2) is 0 Å². The molecule has 33 heavy (non-hydrogen) atoms. The third-order valence-corrected chi connectivity index (χ3v) is 5.28. The number of aliphatic hydroxyl groups excluding tert-OH is 4. The van der Waals surface area contributed by atoms with Crippen LogP contribution in [-0.2, 0) is 4.74 Å². The molecule has 0 radical (unpaired) electrons. The van der Waals surface area contributed by atoms with Gasteiger partial charge in [0, 0.05) is 11.6 Å². The van der Waals surface area contributed by atoms with Crippen LogP contribution >= 0.6 is 0 Å². The molecule has 3 aromatic rings. The minimum Gasteiger partial charge on any atom is -0.508 e. The molecule has 176 valence electrons. The van der Waals surface area contributed by atoms with Crippen LogP contribution in [0.3, 0.4) is 0 Å². The van der Waals surface area contributed by atoms with E-state index in [0.717, 1.165) is 6.07 Å². The van der Waals surface area contributed by atoms with Crippen LogP contribution in [0.4, 0.5) is 0 Å². The molecule has 0 saturated carbocycles. The van der Waals surface area contributed by atoms with E-state index in [9.17, 15) is 45.6 Å². The van der Waals surface area contributed by atoms with Crippen LogP contribution in [0.1, 0.15) is 0 Å². The predicted octanol–water partition coefficient (Wildman–Crippen LogP) is -0.539. The highest BCUT2D eigenvalue weighted by Gasteiger charge is 2.43. The van der Waals surface area contributed by atoms with Gasteiger partial charge in [-0.15, -0.1) is 0 Å². The standard InChI is InChI=1S/C21H20O12/c22-8-3-1-7(2-4-8)19-20(31-6-11-14(25)17(28)18(29)21(30)33-11)16(27)12-10(32-19)5-9(23)13(24)15(12)26/h1-5,11,14,17-18,21-26,28-30H,6H2/t11-,14-,17+,18-,21-/m1/s1. The summed E-state index contributed by atoms with van der Waals surface area (Å²) in [7, 11) is 0. The third-order valence-electron chi connectivity index (χ3n) is 5.28. The van der Waals surface area contributed by atoms with Crippen molar-refractivity contribution in [2.75, 3.05) is 6.61 Å². The Morgan fingerprint density at radius 1 is 0.879 bits per heavy atom. The normalized spacial score (nSPS) is 25.3. The second-order valence-electron chi connectivity index (χ2n) is 7.45. The Hall–Kier alpha value is -3.55. The van der Waals surface area contributed by atoms with E-state index in [1.54, 1.807) is 0 Å². The molecule has 0 amide bonds. The van der Waals surface area contributed by atoms with Crippen LogP contribution < -0.4 is 10.2 Å². The highest BCUT2D eigenvalue weighted by Crippen LogP contribution is 2.42. The molecule has 5 atom stereocenters. The zero-order chi connectivity index (χ0) is 24.0. The first-order valence-corrected chi connectivity index (χ1v) is 9.64. The van der Waals surface area contributed by atoms with E-state index in [1.807, 2.05) is 0 Å². The maximum atomic E-state index is 13.2. The van der Waals surface area contributed by atoms with Gasteiger partial charge in [0.1, 0.15) is 47.7 Å². The first kappa shape index (κ1) is 22.6. The van der Waals surface area contributed by atoms with E-state index in [-0.39, 0.29) is 22.7 Å². The van der Waals surface area contributed by atoms with E-state index in [1.165, 1.54) is 24.3 Å². The summed E-state index contributed by atoms with van der Waals surface area (Å²) in [6.45, 7) is -0.603. The number of ether oxygens (including phenoxy) is 2. The molecule has 0 spiro atoms. The Labute approximate surface area is 184 Å². The highest BCUT2D eigenvalue weighted by atomic mass is 16.6. The molecule has 1 fully saturated rings. The van der Waals surface area contributed by atoms with Gasteiger partial charge in [0.15, 0.2) is 23.5 Å². The van der Waals surface area contributed by atoms with Gasteiger partial charge in [0.05, 0.1) is 0 Å². The van der Waals surface area contributed by atoms with E-state index < -0.39 is 71.1 Å². The van der Waals surface area contributed by atoms with Crippen molar-refractivity contribution in [2.24, 2.45) is 0 Å². The van der Waals surface area contributed by atoms with Gasteiger partial charge in [-0.05, 0) is 24.3 Å². The summed E-state index contributed by atoms with van der Waals surface area (Å²) in [5.41, 5.74) is -1.00. The Kier molecular flexibility index (Phi) is 5.78. The lowest BCUT2D eigenvalue weighted by Crippen LogP contribution is -2.58. The van der Waals surface area contributed by atoms with Gasteiger partial charge >= 0.3 is 0 Å². The minimum absolute atomic E-state index is 0.0789. The van der Waals surface area contributed by atoms with Crippen molar-refractivity contribution in [1.82, 2.24) is 0 Å². The monoisotopic (exact) mass is 464 g/mol. The van der Waals surface area contributed by atoms with Gasteiger partial charge in [-0.1, -0.05) is 0 Å². The molecule has 1 aromatic heterocycles. The number of phenolic OH excluding ortho intramolecular Hbond substituents is 4. The van der Waals surface area contributed by atoms with Crippen LogP contribution in [-0.4, -0.2) is 78.2 Å². The number of aliphatic hydroxyl groups is 4. The average molecular weight is 464 g/mol. The molecular weight excluding hydrogens is 444 g/mol. The Balaban J connectivity index is 1.81. The number of phenols is 4. The number of rotatable bonds is 4. The summed E-state index contributed by atoms with van der Waals surface area (Å²) in [4.78, 5) is 13.2. The van der Waals surface area contributed by atoms with Crippen LogP contribution in [0, 0.1) is 0 Å². The summed E-state index contributed by atoms with van der Waals surface area (Å²) in [5.74, 6) is -3.42. The van der Waals surface area contributed by atoms with E-state index in [2.05, 4.69) is 0 Å². The summed E-state index contributed by atoms with van der Waals surface area (Å²) >= 11 is 0. The first-order valence-electron chi connectivity index (χ1n) is 9.64. The zero-order valence-corrected chi connectivity index (χ0v) is 16.7. The molecule has 4 rings (SSSR count). The Morgan fingerprint density at radius 3 is 2.21 bits per heavy atom. The molecule has 2 heterocycles. The molecule has 12 heteroatoms. The van der Waals surface area contributed by atoms with Crippen molar-refractivity contribution in [2.45, 2.75) is 30.7 Å².